The molecule has 5 rings (SSSR count). The zero-order chi connectivity index (χ0) is 21.6. The number of carbonyl (C=O) groups is 2. The SMILES string of the molecule is CC1(c2ccccc2)NC(=O)N(CC(O)Cn2c3ccccc3c3ccccc32)C1=O. The number of fused-ring (bicyclic) bond motifs is 3. The number of aromatic nitrogens is 1. The fourth-order valence-electron chi connectivity index (χ4n) is 4.51. The molecule has 0 aliphatic carbocycles. The van der Waals surface area contributed by atoms with E-state index >= 15 is 0 Å². The highest BCUT2D eigenvalue weighted by Gasteiger charge is 2.49. The number of hydrogen-bond donors (Lipinski definition) is 2. The Labute approximate surface area is 179 Å². The molecule has 2 N–H and O–H groups in total. The number of nitrogens with zero attached hydrogens (tertiary/aromatic N) is 2. The second kappa shape index (κ2) is 7.25. The summed E-state index contributed by atoms with van der Waals surface area (Å²) in [5, 5.41) is 15.9. The minimum absolute atomic E-state index is 0.0755. The standard InChI is InChI=1S/C25H23N3O3/c1-25(17-9-3-2-4-10-17)23(30)28(24(31)26-25)16-18(29)15-27-21-13-7-5-11-19(21)20-12-6-8-14-22(20)27/h2-14,18,29H,15-16H2,1H3,(H,26,31). The summed E-state index contributed by atoms with van der Waals surface area (Å²) in [6.45, 7) is 1.89. The highest BCUT2D eigenvalue weighted by molar-refractivity contribution is 6.08. The van der Waals surface area contributed by atoms with E-state index in [0.29, 0.717) is 5.56 Å². The van der Waals surface area contributed by atoms with Gasteiger partial charge in [0.2, 0.25) is 0 Å². The summed E-state index contributed by atoms with van der Waals surface area (Å²) >= 11 is 0. The molecule has 156 valence electrons. The number of imide groups is 1. The van der Waals surface area contributed by atoms with Crippen molar-refractivity contribution in [3.8, 4) is 0 Å². The summed E-state index contributed by atoms with van der Waals surface area (Å²) in [6, 6.07) is 24.7. The fourth-order valence-corrected chi connectivity index (χ4v) is 4.51. The first-order valence-corrected chi connectivity index (χ1v) is 10.3. The predicted molar refractivity (Wildman–Crippen MR) is 119 cm³/mol. The lowest BCUT2D eigenvalue weighted by atomic mass is 9.92. The van der Waals surface area contributed by atoms with Crippen LogP contribution in [-0.2, 0) is 16.9 Å². The molecule has 1 aliphatic rings. The Morgan fingerprint density at radius 2 is 1.39 bits per heavy atom. The van der Waals surface area contributed by atoms with Gasteiger partial charge in [-0.15, -0.1) is 0 Å². The molecule has 6 heteroatoms. The predicted octanol–water partition coefficient (Wildman–Crippen LogP) is 3.62. The van der Waals surface area contributed by atoms with Crippen LogP contribution in [0.2, 0.25) is 0 Å². The molecular weight excluding hydrogens is 390 g/mol. The number of benzene rings is 3. The highest BCUT2D eigenvalue weighted by atomic mass is 16.3. The smallest absolute Gasteiger partial charge is 0.325 e. The second-order valence-electron chi connectivity index (χ2n) is 8.14. The number of aliphatic hydroxyl groups excluding tert-OH is 1. The molecule has 3 aromatic carbocycles. The maximum Gasteiger partial charge on any atom is 0.325 e. The van der Waals surface area contributed by atoms with Crippen LogP contribution in [0.4, 0.5) is 4.79 Å². The molecule has 1 saturated heterocycles. The van der Waals surface area contributed by atoms with Crippen LogP contribution in [-0.4, -0.2) is 39.2 Å². The second-order valence-corrected chi connectivity index (χ2v) is 8.14. The maximum atomic E-state index is 13.1. The van der Waals surface area contributed by atoms with E-state index in [1.165, 1.54) is 0 Å². The van der Waals surface area contributed by atoms with Crippen molar-refractivity contribution in [3.05, 3.63) is 84.4 Å². The molecule has 0 saturated carbocycles. The van der Waals surface area contributed by atoms with Crippen LogP contribution in [0.15, 0.2) is 78.9 Å². The first-order valence-electron chi connectivity index (χ1n) is 10.3. The van der Waals surface area contributed by atoms with E-state index in [2.05, 4.69) is 17.4 Å². The molecule has 1 aliphatic heterocycles. The lowest BCUT2D eigenvalue weighted by Crippen LogP contribution is -2.42. The molecule has 2 unspecified atom stereocenters. The van der Waals surface area contributed by atoms with Gasteiger partial charge < -0.3 is 15.0 Å². The summed E-state index contributed by atoms with van der Waals surface area (Å²) in [6.07, 6.45) is -0.910. The van der Waals surface area contributed by atoms with Gasteiger partial charge in [-0.2, -0.15) is 0 Å². The minimum Gasteiger partial charge on any atom is -0.389 e. The number of para-hydroxylation sites is 2. The topological polar surface area (TPSA) is 74.6 Å². The molecule has 2 heterocycles. The summed E-state index contributed by atoms with van der Waals surface area (Å²) in [7, 11) is 0. The zero-order valence-corrected chi connectivity index (χ0v) is 17.2. The van der Waals surface area contributed by atoms with Crippen molar-refractivity contribution < 1.29 is 14.7 Å². The third-order valence-corrected chi connectivity index (χ3v) is 6.09. The number of amides is 3. The van der Waals surface area contributed by atoms with Crippen molar-refractivity contribution in [3.63, 3.8) is 0 Å². The molecule has 0 radical (unpaired) electrons. The van der Waals surface area contributed by atoms with Crippen molar-refractivity contribution in [2.75, 3.05) is 6.54 Å². The number of urea groups is 1. The van der Waals surface area contributed by atoms with Crippen molar-refractivity contribution >= 4 is 33.7 Å². The minimum atomic E-state index is -1.13. The lowest BCUT2D eigenvalue weighted by Gasteiger charge is -2.23. The molecular formula is C25H23N3O3. The molecule has 0 spiro atoms. The van der Waals surface area contributed by atoms with Gasteiger partial charge in [-0.05, 0) is 24.6 Å². The molecule has 3 amide bonds. The first-order chi connectivity index (χ1) is 15.0. The molecule has 0 bridgehead atoms. The molecule has 1 fully saturated rings. The summed E-state index contributed by atoms with van der Waals surface area (Å²) in [4.78, 5) is 26.9. The van der Waals surface area contributed by atoms with E-state index < -0.39 is 17.7 Å². The van der Waals surface area contributed by atoms with Crippen molar-refractivity contribution in [2.24, 2.45) is 0 Å². The van der Waals surface area contributed by atoms with Gasteiger partial charge in [-0.1, -0.05) is 66.7 Å². The van der Waals surface area contributed by atoms with Crippen LogP contribution < -0.4 is 5.32 Å². The summed E-state index contributed by atoms with van der Waals surface area (Å²) < 4.78 is 2.05. The van der Waals surface area contributed by atoms with Gasteiger partial charge >= 0.3 is 6.03 Å². The quantitative estimate of drug-likeness (QED) is 0.491. The molecule has 1 aromatic heterocycles. The Balaban J connectivity index is 1.42. The van der Waals surface area contributed by atoms with E-state index in [4.69, 9.17) is 0 Å². The number of hydrogen-bond acceptors (Lipinski definition) is 3. The van der Waals surface area contributed by atoms with Crippen molar-refractivity contribution in [1.82, 2.24) is 14.8 Å². The number of aliphatic hydroxyl groups is 1. The van der Waals surface area contributed by atoms with Gasteiger partial charge in [0.25, 0.3) is 5.91 Å². The monoisotopic (exact) mass is 413 g/mol. The third kappa shape index (κ3) is 3.07. The van der Waals surface area contributed by atoms with Crippen LogP contribution in [0, 0.1) is 0 Å². The Bertz CT molecular complexity index is 1240. The van der Waals surface area contributed by atoms with Gasteiger partial charge in [-0.3, -0.25) is 9.69 Å². The normalized spacial score (nSPS) is 19.9. The van der Waals surface area contributed by atoms with Crippen LogP contribution in [0.5, 0.6) is 0 Å². The summed E-state index contributed by atoms with van der Waals surface area (Å²) in [5.74, 6) is -0.357. The average Bonchev–Trinajstić information content (AvgIpc) is 3.22. The van der Waals surface area contributed by atoms with E-state index in [1.54, 1.807) is 6.92 Å². The van der Waals surface area contributed by atoms with Gasteiger partial charge in [0.05, 0.1) is 19.2 Å². The van der Waals surface area contributed by atoms with Gasteiger partial charge in [-0.25, -0.2) is 4.79 Å². The zero-order valence-electron chi connectivity index (χ0n) is 17.2. The van der Waals surface area contributed by atoms with Gasteiger partial charge in [0.1, 0.15) is 5.54 Å². The lowest BCUT2D eigenvalue weighted by molar-refractivity contribution is -0.132. The third-order valence-electron chi connectivity index (χ3n) is 6.09. The molecule has 6 nitrogen and oxygen atoms in total. The van der Waals surface area contributed by atoms with E-state index in [1.807, 2.05) is 71.3 Å². The van der Waals surface area contributed by atoms with Crippen LogP contribution in [0.1, 0.15) is 12.5 Å². The van der Waals surface area contributed by atoms with Crippen LogP contribution in [0.3, 0.4) is 0 Å². The van der Waals surface area contributed by atoms with Crippen molar-refractivity contribution in [1.29, 1.82) is 0 Å². The Morgan fingerprint density at radius 3 is 2.00 bits per heavy atom. The molecule has 4 aromatic rings. The first kappa shape index (κ1) is 19.3. The van der Waals surface area contributed by atoms with E-state index in [0.717, 1.165) is 26.7 Å². The Hall–Kier alpha value is -3.64. The average molecular weight is 413 g/mol. The number of β-amino-alcohol motifs (C(OH)–C–C–N with tert-alkyl or cyclic N) is 1. The van der Waals surface area contributed by atoms with Gasteiger partial charge in [0.15, 0.2) is 0 Å². The Morgan fingerprint density at radius 1 is 0.839 bits per heavy atom. The molecule has 31 heavy (non-hydrogen) atoms. The van der Waals surface area contributed by atoms with Crippen LogP contribution in [0.25, 0.3) is 21.8 Å². The highest BCUT2D eigenvalue weighted by Crippen LogP contribution is 2.31. The van der Waals surface area contributed by atoms with Gasteiger partial charge in [0, 0.05) is 21.8 Å². The maximum absolute atomic E-state index is 13.1. The summed E-state index contributed by atoms with van der Waals surface area (Å²) in [5.41, 5.74) is 1.60. The largest absolute Gasteiger partial charge is 0.389 e. The number of carbonyl (C=O) groups excluding carboxylic acids is 2. The molecule has 2 atom stereocenters. The van der Waals surface area contributed by atoms with E-state index in [9.17, 15) is 14.7 Å². The van der Waals surface area contributed by atoms with E-state index in [-0.39, 0.29) is 19.0 Å². The number of nitrogens with one attached hydrogen (secondary N) is 1. The van der Waals surface area contributed by atoms with Crippen LogP contribution >= 0.6 is 0 Å². The van der Waals surface area contributed by atoms with Crippen molar-refractivity contribution in [2.45, 2.75) is 25.1 Å². The Kier molecular flexibility index (Phi) is 4.52. The fraction of sp³-hybridized carbons (Fsp3) is 0.200. The number of rotatable bonds is 5.